The van der Waals surface area contributed by atoms with E-state index in [1.807, 2.05) is 0 Å². The van der Waals surface area contributed by atoms with E-state index in [1.165, 1.54) is 49.4 Å². The highest BCUT2D eigenvalue weighted by Gasteiger charge is 2.57. The van der Waals surface area contributed by atoms with E-state index in [0.717, 1.165) is 18.4 Å². The Balaban J connectivity index is 1.73. The van der Waals surface area contributed by atoms with Crippen LogP contribution in [0.2, 0.25) is 0 Å². The minimum absolute atomic E-state index is 0.472. The fraction of sp³-hybridized carbons (Fsp3) is 0.667. The van der Waals surface area contributed by atoms with Crippen LogP contribution < -0.4 is 5.73 Å². The zero-order valence-electron chi connectivity index (χ0n) is 12.1. The van der Waals surface area contributed by atoms with Crippen molar-refractivity contribution in [3.05, 3.63) is 34.3 Å². The highest BCUT2D eigenvalue weighted by molar-refractivity contribution is 9.10. The molecule has 2 N–H and O–H groups in total. The normalized spacial score (nSPS) is 42.1. The van der Waals surface area contributed by atoms with E-state index in [2.05, 4.69) is 40.2 Å². The summed E-state index contributed by atoms with van der Waals surface area (Å²) in [5.41, 5.74) is 8.59. The van der Waals surface area contributed by atoms with E-state index in [0.29, 0.717) is 10.8 Å². The van der Waals surface area contributed by atoms with E-state index >= 15 is 0 Å². The summed E-state index contributed by atoms with van der Waals surface area (Å²) < 4.78 is 1.20. The zero-order valence-corrected chi connectivity index (χ0v) is 13.7. The number of rotatable bonds is 3. The summed E-state index contributed by atoms with van der Waals surface area (Å²) in [5.74, 6) is 1.93. The molecule has 108 valence electrons. The van der Waals surface area contributed by atoms with Crippen molar-refractivity contribution in [2.24, 2.45) is 23.0 Å². The second kappa shape index (κ2) is 4.58. The predicted molar refractivity (Wildman–Crippen MR) is 86.6 cm³/mol. The van der Waals surface area contributed by atoms with Gasteiger partial charge in [-0.3, -0.25) is 0 Å². The van der Waals surface area contributed by atoms with Gasteiger partial charge < -0.3 is 5.73 Å². The molecule has 1 aromatic carbocycles. The standard InChI is InChI=1S/C18H24BrN/c19-16-3-1-15(2-4-16)18-10-13-7-14(11-18)9-17(8-13,12-18)5-6-20/h1-4,13-14H,5-12,20H2. The maximum absolute atomic E-state index is 5.95. The van der Waals surface area contributed by atoms with Gasteiger partial charge in [-0.15, -0.1) is 0 Å². The van der Waals surface area contributed by atoms with Crippen LogP contribution in [0, 0.1) is 17.3 Å². The van der Waals surface area contributed by atoms with Crippen molar-refractivity contribution in [3.8, 4) is 0 Å². The smallest absolute Gasteiger partial charge is 0.0175 e. The van der Waals surface area contributed by atoms with Crippen molar-refractivity contribution >= 4 is 15.9 Å². The van der Waals surface area contributed by atoms with Crippen LogP contribution in [0.3, 0.4) is 0 Å². The Kier molecular flexibility index (Phi) is 3.05. The molecule has 20 heavy (non-hydrogen) atoms. The number of nitrogens with two attached hydrogens (primary N) is 1. The van der Waals surface area contributed by atoms with E-state index in [-0.39, 0.29) is 0 Å². The molecule has 1 aromatic rings. The van der Waals surface area contributed by atoms with Gasteiger partial charge in [-0.1, -0.05) is 28.1 Å². The van der Waals surface area contributed by atoms with Crippen molar-refractivity contribution < 1.29 is 0 Å². The van der Waals surface area contributed by atoms with Crippen molar-refractivity contribution in [2.45, 2.75) is 50.4 Å². The molecule has 2 atom stereocenters. The van der Waals surface area contributed by atoms with Gasteiger partial charge in [-0.2, -0.15) is 0 Å². The van der Waals surface area contributed by atoms with Gasteiger partial charge >= 0.3 is 0 Å². The highest BCUT2D eigenvalue weighted by Crippen LogP contribution is 2.66. The molecule has 4 aliphatic carbocycles. The fourth-order valence-electron chi connectivity index (χ4n) is 6.19. The summed E-state index contributed by atoms with van der Waals surface area (Å²) in [6.07, 6.45) is 9.90. The van der Waals surface area contributed by atoms with Crippen molar-refractivity contribution in [2.75, 3.05) is 6.54 Å². The molecule has 0 spiro atoms. The number of benzene rings is 1. The molecule has 5 rings (SSSR count). The van der Waals surface area contributed by atoms with Crippen molar-refractivity contribution in [3.63, 3.8) is 0 Å². The number of halogens is 1. The second-order valence-electron chi connectivity index (χ2n) is 7.79. The average Bonchev–Trinajstić information content (AvgIpc) is 2.37. The van der Waals surface area contributed by atoms with Gasteiger partial charge in [0.2, 0.25) is 0 Å². The third kappa shape index (κ3) is 1.99. The Bertz CT molecular complexity index is 493. The Morgan fingerprint density at radius 2 is 1.70 bits per heavy atom. The Hall–Kier alpha value is -0.340. The Morgan fingerprint density at radius 1 is 1.05 bits per heavy atom. The first-order valence-corrected chi connectivity index (χ1v) is 8.89. The molecule has 4 saturated carbocycles. The second-order valence-corrected chi connectivity index (χ2v) is 8.70. The van der Waals surface area contributed by atoms with Gasteiger partial charge in [0.1, 0.15) is 0 Å². The molecule has 0 amide bonds. The summed E-state index contributed by atoms with van der Waals surface area (Å²) in [7, 11) is 0. The minimum Gasteiger partial charge on any atom is -0.330 e. The molecule has 0 saturated heterocycles. The van der Waals surface area contributed by atoms with Crippen LogP contribution in [0.5, 0.6) is 0 Å². The van der Waals surface area contributed by atoms with Crippen LogP contribution in [0.4, 0.5) is 0 Å². The Labute approximate surface area is 130 Å². The molecule has 2 unspecified atom stereocenters. The molecule has 4 bridgehead atoms. The van der Waals surface area contributed by atoms with E-state index in [9.17, 15) is 0 Å². The molecule has 4 fully saturated rings. The van der Waals surface area contributed by atoms with Gasteiger partial charge in [0.15, 0.2) is 0 Å². The van der Waals surface area contributed by atoms with Crippen molar-refractivity contribution in [1.29, 1.82) is 0 Å². The molecule has 0 radical (unpaired) electrons. The maximum atomic E-state index is 5.95. The predicted octanol–water partition coefficient (Wildman–Crippen LogP) is 4.64. The van der Waals surface area contributed by atoms with Crippen molar-refractivity contribution in [1.82, 2.24) is 0 Å². The van der Waals surface area contributed by atoms with Crippen LogP contribution in [-0.2, 0) is 5.41 Å². The molecule has 2 heteroatoms. The van der Waals surface area contributed by atoms with Gasteiger partial charge in [0.25, 0.3) is 0 Å². The van der Waals surface area contributed by atoms with Crippen LogP contribution in [0.25, 0.3) is 0 Å². The Morgan fingerprint density at radius 3 is 2.30 bits per heavy atom. The first-order chi connectivity index (χ1) is 9.63. The van der Waals surface area contributed by atoms with Gasteiger partial charge in [0.05, 0.1) is 0 Å². The lowest BCUT2D eigenvalue weighted by Gasteiger charge is -2.62. The maximum Gasteiger partial charge on any atom is 0.0175 e. The lowest BCUT2D eigenvalue weighted by molar-refractivity contribution is -0.0748. The lowest BCUT2D eigenvalue weighted by Crippen LogP contribution is -2.54. The molecule has 0 aromatic heterocycles. The highest BCUT2D eigenvalue weighted by atomic mass is 79.9. The lowest BCUT2D eigenvalue weighted by atomic mass is 9.42. The third-order valence-electron chi connectivity index (χ3n) is 6.31. The van der Waals surface area contributed by atoms with Crippen LogP contribution in [-0.4, -0.2) is 6.54 Å². The van der Waals surface area contributed by atoms with E-state index < -0.39 is 0 Å². The van der Waals surface area contributed by atoms with Gasteiger partial charge in [0, 0.05) is 4.47 Å². The van der Waals surface area contributed by atoms with Crippen LogP contribution in [0.1, 0.15) is 50.5 Å². The monoisotopic (exact) mass is 333 g/mol. The molecule has 0 heterocycles. The molecule has 4 aliphatic rings. The fourth-order valence-corrected chi connectivity index (χ4v) is 6.46. The quantitative estimate of drug-likeness (QED) is 0.856. The largest absolute Gasteiger partial charge is 0.330 e. The summed E-state index contributed by atoms with van der Waals surface area (Å²) in [4.78, 5) is 0. The summed E-state index contributed by atoms with van der Waals surface area (Å²) in [6, 6.07) is 9.19. The van der Waals surface area contributed by atoms with Gasteiger partial charge in [-0.25, -0.2) is 0 Å². The summed E-state index contributed by atoms with van der Waals surface area (Å²) >= 11 is 3.57. The summed E-state index contributed by atoms with van der Waals surface area (Å²) in [5, 5.41) is 0. The zero-order chi connectivity index (χ0) is 13.8. The first-order valence-electron chi connectivity index (χ1n) is 8.09. The van der Waals surface area contributed by atoms with E-state index in [1.54, 1.807) is 5.56 Å². The van der Waals surface area contributed by atoms with Gasteiger partial charge in [-0.05, 0) is 91.9 Å². The SMILES string of the molecule is NCCC12CC3CC(C1)CC(c1ccc(Br)cc1)(C3)C2. The van der Waals surface area contributed by atoms with Crippen LogP contribution in [0.15, 0.2) is 28.7 Å². The topological polar surface area (TPSA) is 26.0 Å². The number of hydrogen-bond acceptors (Lipinski definition) is 1. The molecular weight excluding hydrogens is 310 g/mol. The summed E-state index contributed by atoms with van der Waals surface area (Å²) in [6.45, 7) is 0.871. The first kappa shape index (κ1) is 13.3. The minimum atomic E-state index is 0.472. The van der Waals surface area contributed by atoms with Crippen LogP contribution >= 0.6 is 15.9 Å². The molecule has 0 aliphatic heterocycles. The molecular formula is C18H24BrN. The number of hydrogen-bond donors (Lipinski definition) is 1. The van der Waals surface area contributed by atoms with E-state index in [4.69, 9.17) is 5.73 Å². The third-order valence-corrected chi connectivity index (χ3v) is 6.84. The molecule has 1 nitrogen and oxygen atoms in total. The average molecular weight is 334 g/mol.